The van der Waals surface area contributed by atoms with Crippen molar-refractivity contribution in [1.82, 2.24) is 14.5 Å². The molecule has 0 saturated carbocycles. The van der Waals surface area contributed by atoms with Crippen LogP contribution in [0.5, 0.6) is 0 Å². The van der Waals surface area contributed by atoms with E-state index in [4.69, 9.17) is 5.73 Å². The lowest BCUT2D eigenvalue weighted by atomic mass is 10.3. The second kappa shape index (κ2) is 5.05. The lowest BCUT2D eigenvalue weighted by molar-refractivity contribution is -0.130. The number of carbonyl (C=O) groups is 1. The number of rotatable bonds is 2. The number of aromatic nitrogens is 2. The van der Waals surface area contributed by atoms with Crippen molar-refractivity contribution in [2.45, 2.75) is 19.4 Å². The number of halogens is 2. The fourth-order valence-corrected chi connectivity index (χ4v) is 2.84. The number of hydrogen-bond donors (Lipinski definition) is 1. The van der Waals surface area contributed by atoms with Gasteiger partial charge in [-0.3, -0.25) is 4.79 Å². The Hall–Kier alpha value is -1.63. The minimum atomic E-state index is -0.395. The van der Waals surface area contributed by atoms with Crippen LogP contribution in [0.4, 0.5) is 10.3 Å². The van der Waals surface area contributed by atoms with Crippen LogP contribution in [-0.4, -0.2) is 33.4 Å². The Morgan fingerprint density at radius 1 is 1.40 bits per heavy atom. The molecule has 0 atom stereocenters. The number of likely N-dealkylation sites (tertiary alicyclic amines) is 1. The fourth-order valence-electron chi connectivity index (χ4n) is 2.51. The van der Waals surface area contributed by atoms with E-state index in [2.05, 4.69) is 20.9 Å². The molecule has 20 heavy (non-hydrogen) atoms. The largest absolute Gasteiger partial charge is 0.369 e. The van der Waals surface area contributed by atoms with Gasteiger partial charge in [0.2, 0.25) is 11.9 Å². The summed E-state index contributed by atoms with van der Waals surface area (Å²) in [5.74, 6) is -0.146. The second-order valence-electron chi connectivity index (χ2n) is 4.90. The number of nitrogen functional groups attached to an aromatic ring is 1. The summed E-state index contributed by atoms with van der Waals surface area (Å²) in [7, 11) is 0. The molecule has 0 radical (unpaired) electrons. The Morgan fingerprint density at radius 3 is 2.80 bits per heavy atom. The zero-order chi connectivity index (χ0) is 14.3. The summed E-state index contributed by atoms with van der Waals surface area (Å²) in [6.45, 7) is 1.73. The molecule has 2 aromatic rings. The molecule has 106 valence electrons. The molecule has 0 spiro atoms. The van der Waals surface area contributed by atoms with Crippen LogP contribution in [0.3, 0.4) is 0 Å². The number of fused-ring (bicyclic) bond motifs is 1. The van der Waals surface area contributed by atoms with Crippen LogP contribution < -0.4 is 5.73 Å². The Bertz CT molecular complexity index is 679. The summed E-state index contributed by atoms with van der Waals surface area (Å²) in [6, 6.07) is 2.91. The van der Waals surface area contributed by atoms with Crippen molar-refractivity contribution in [3.8, 4) is 0 Å². The maximum absolute atomic E-state index is 13.5. The van der Waals surface area contributed by atoms with Gasteiger partial charge in [0.05, 0.1) is 15.5 Å². The third-order valence-electron chi connectivity index (χ3n) is 3.57. The summed E-state index contributed by atoms with van der Waals surface area (Å²) in [5, 5.41) is 0. The van der Waals surface area contributed by atoms with Crippen LogP contribution in [-0.2, 0) is 11.3 Å². The first-order chi connectivity index (χ1) is 9.56. The topological polar surface area (TPSA) is 64.1 Å². The first kappa shape index (κ1) is 13.4. The Labute approximate surface area is 123 Å². The smallest absolute Gasteiger partial charge is 0.242 e. The molecule has 1 saturated heterocycles. The van der Waals surface area contributed by atoms with Gasteiger partial charge in [0.15, 0.2) is 0 Å². The maximum Gasteiger partial charge on any atom is 0.242 e. The molecule has 0 bridgehead atoms. The first-order valence-corrected chi connectivity index (χ1v) is 7.24. The molecule has 3 rings (SSSR count). The zero-order valence-corrected chi connectivity index (χ0v) is 12.4. The van der Waals surface area contributed by atoms with Crippen LogP contribution >= 0.6 is 15.9 Å². The predicted octanol–water partition coefficient (Wildman–Crippen LogP) is 2.14. The van der Waals surface area contributed by atoms with E-state index in [1.54, 1.807) is 10.6 Å². The van der Waals surface area contributed by atoms with E-state index < -0.39 is 5.82 Å². The highest BCUT2D eigenvalue weighted by Crippen LogP contribution is 2.25. The van der Waals surface area contributed by atoms with Gasteiger partial charge in [-0.15, -0.1) is 0 Å². The molecule has 0 aliphatic carbocycles. The number of carbonyl (C=O) groups excluding carboxylic acids is 1. The Kier molecular flexibility index (Phi) is 3.37. The summed E-state index contributed by atoms with van der Waals surface area (Å²) in [6.07, 6.45) is 2.09. The van der Waals surface area contributed by atoms with Gasteiger partial charge in [-0.25, -0.2) is 9.37 Å². The molecule has 1 aromatic heterocycles. The summed E-state index contributed by atoms with van der Waals surface area (Å²) < 4.78 is 15.4. The average molecular weight is 341 g/mol. The van der Waals surface area contributed by atoms with E-state index >= 15 is 0 Å². The number of amides is 1. The van der Waals surface area contributed by atoms with Crippen molar-refractivity contribution in [1.29, 1.82) is 0 Å². The van der Waals surface area contributed by atoms with Crippen LogP contribution in [0.25, 0.3) is 11.0 Å². The van der Waals surface area contributed by atoms with Crippen molar-refractivity contribution >= 4 is 38.8 Å². The highest BCUT2D eigenvalue weighted by molar-refractivity contribution is 9.10. The van der Waals surface area contributed by atoms with Gasteiger partial charge in [-0.2, -0.15) is 0 Å². The standard InChI is InChI=1S/C13H14BrFN4O/c14-8-5-11-10(6-9(8)15)17-13(16)19(11)7-12(20)18-3-1-2-4-18/h5-6H,1-4,7H2,(H2,16,17). The number of anilines is 1. The second-order valence-corrected chi connectivity index (χ2v) is 5.75. The van der Waals surface area contributed by atoms with Gasteiger partial charge < -0.3 is 15.2 Å². The normalized spacial score (nSPS) is 15.2. The monoisotopic (exact) mass is 340 g/mol. The fraction of sp³-hybridized carbons (Fsp3) is 0.385. The van der Waals surface area contributed by atoms with Gasteiger partial charge in [0.25, 0.3) is 0 Å². The molecule has 1 fully saturated rings. The third-order valence-corrected chi connectivity index (χ3v) is 4.18. The van der Waals surface area contributed by atoms with E-state index in [-0.39, 0.29) is 18.4 Å². The zero-order valence-electron chi connectivity index (χ0n) is 10.8. The minimum Gasteiger partial charge on any atom is -0.369 e. The number of nitrogens with zero attached hydrogens (tertiary/aromatic N) is 3. The molecule has 1 aliphatic rings. The lowest BCUT2D eigenvalue weighted by Crippen LogP contribution is -2.31. The number of nitrogens with two attached hydrogens (primary N) is 1. The minimum absolute atomic E-state index is 0.0222. The molecule has 0 unspecified atom stereocenters. The van der Waals surface area contributed by atoms with Crippen molar-refractivity contribution < 1.29 is 9.18 Å². The number of imidazole rings is 1. The summed E-state index contributed by atoms with van der Waals surface area (Å²) in [4.78, 5) is 18.1. The van der Waals surface area contributed by atoms with E-state index in [1.165, 1.54) is 6.07 Å². The van der Waals surface area contributed by atoms with Crippen LogP contribution in [0, 0.1) is 5.82 Å². The van der Waals surface area contributed by atoms with Crippen LogP contribution in [0.15, 0.2) is 16.6 Å². The molecule has 2 N–H and O–H groups in total. The molecule has 1 aliphatic heterocycles. The van der Waals surface area contributed by atoms with Crippen LogP contribution in [0.2, 0.25) is 0 Å². The van der Waals surface area contributed by atoms with Crippen molar-refractivity contribution in [3.63, 3.8) is 0 Å². The quantitative estimate of drug-likeness (QED) is 0.910. The lowest BCUT2D eigenvalue weighted by Gasteiger charge is -2.16. The third kappa shape index (κ3) is 2.26. The van der Waals surface area contributed by atoms with E-state index in [1.807, 2.05) is 4.90 Å². The van der Waals surface area contributed by atoms with Crippen LogP contribution in [0.1, 0.15) is 12.8 Å². The Balaban J connectivity index is 1.96. The molecule has 5 nitrogen and oxygen atoms in total. The molecule has 1 amide bonds. The SMILES string of the molecule is Nc1nc2cc(F)c(Br)cc2n1CC(=O)N1CCCC1. The maximum atomic E-state index is 13.5. The molecule has 7 heteroatoms. The van der Waals surface area contributed by atoms with Gasteiger partial charge >= 0.3 is 0 Å². The number of hydrogen-bond acceptors (Lipinski definition) is 3. The van der Waals surface area contributed by atoms with E-state index in [9.17, 15) is 9.18 Å². The highest BCUT2D eigenvalue weighted by Gasteiger charge is 2.20. The molecular weight excluding hydrogens is 327 g/mol. The molecule has 2 heterocycles. The van der Waals surface area contributed by atoms with E-state index in [0.29, 0.717) is 15.5 Å². The average Bonchev–Trinajstić information content (AvgIpc) is 3.01. The van der Waals surface area contributed by atoms with Crippen molar-refractivity contribution in [2.75, 3.05) is 18.8 Å². The van der Waals surface area contributed by atoms with Gasteiger partial charge in [-0.05, 0) is 34.8 Å². The molecule has 1 aromatic carbocycles. The predicted molar refractivity (Wildman–Crippen MR) is 77.6 cm³/mol. The number of benzene rings is 1. The van der Waals surface area contributed by atoms with Crippen molar-refractivity contribution in [2.24, 2.45) is 0 Å². The van der Waals surface area contributed by atoms with Gasteiger partial charge in [0.1, 0.15) is 12.4 Å². The van der Waals surface area contributed by atoms with Gasteiger partial charge in [-0.1, -0.05) is 0 Å². The molecular formula is C13H14BrFN4O. The first-order valence-electron chi connectivity index (χ1n) is 6.45. The van der Waals surface area contributed by atoms with E-state index in [0.717, 1.165) is 25.9 Å². The summed E-state index contributed by atoms with van der Waals surface area (Å²) in [5.41, 5.74) is 6.96. The summed E-state index contributed by atoms with van der Waals surface area (Å²) >= 11 is 3.14. The highest BCUT2D eigenvalue weighted by atomic mass is 79.9. The van der Waals surface area contributed by atoms with Gasteiger partial charge in [0, 0.05) is 19.2 Å². The van der Waals surface area contributed by atoms with Crippen molar-refractivity contribution in [3.05, 3.63) is 22.4 Å². The Morgan fingerprint density at radius 2 is 2.10 bits per heavy atom.